The number of carbonyl (C=O) groups excluding carboxylic acids is 1. The highest BCUT2D eigenvalue weighted by Crippen LogP contribution is 2.33. The van der Waals surface area contributed by atoms with Gasteiger partial charge in [0, 0.05) is 48.2 Å². The Kier molecular flexibility index (Phi) is 6.53. The van der Waals surface area contributed by atoms with Crippen molar-refractivity contribution in [3.63, 3.8) is 0 Å². The van der Waals surface area contributed by atoms with Gasteiger partial charge >= 0.3 is 0 Å². The average Bonchev–Trinajstić information content (AvgIpc) is 3.35. The van der Waals surface area contributed by atoms with Crippen molar-refractivity contribution in [1.82, 2.24) is 24.3 Å². The number of likely N-dealkylation sites (N-methyl/N-ethyl adjacent to an activating group) is 1. The van der Waals surface area contributed by atoms with Gasteiger partial charge in [-0.1, -0.05) is 24.3 Å². The summed E-state index contributed by atoms with van der Waals surface area (Å²) in [5, 5.41) is 2.38. The van der Waals surface area contributed by atoms with Gasteiger partial charge in [-0.05, 0) is 56.4 Å². The predicted molar refractivity (Wildman–Crippen MR) is 144 cm³/mol. The van der Waals surface area contributed by atoms with E-state index in [-0.39, 0.29) is 0 Å². The van der Waals surface area contributed by atoms with Gasteiger partial charge in [0.2, 0.25) is 5.91 Å². The van der Waals surface area contributed by atoms with E-state index >= 15 is 0 Å². The molecular weight excluding hydrogens is 466 g/mol. The highest BCUT2D eigenvalue weighted by molar-refractivity contribution is 6.19. The van der Waals surface area contributed by atoms with E-state index in [2.05, 4.69) is 15.0 Å². The number of primary amides is 1. The highest BCUT2D eigenvalue weighted by atomic mass is 16.7. The number of aromatic nitrogens is 4. The maximum atomic E-state index is 12.3. The second-order valence-corrected chi connectivity index (χ2v) is 8.95. The van der Waals surface area contributed by atoms with Crippen LogP contribution in [0.1, 0.15) is 11.1 Å². The van der Waals surface area contributed by atoms with Gasteiger partial charge in [0.15, 0.2) is 11.6 Å². The van der Waals surface area contributed by atoms with Crippen LogP contribution in [0.4, 0.5) is 11.5 Å². The number of fused-ring (bicyclic) bond motifs is 2. The zero-order valence-corrected chi connectivity index (χ0v) is 20.9. The van der Waals surface area contributed by atoms with Gasteiger partial charge in [0.05, 0.1) is 11.2 Å². The number of nitrogens with two attached hydrogens (primary N) is 1. The smallest absolute Gasteiger partial charge is 0.249 e. The third-order valence-electron chi connectivity index (χ3n) is 5.85. The van der Waals surface area contributed by atoms with E-state index in [9.17, 15) is 4.79 Å². The molecule has 2 N–H and O–H groups in total. The molecule has 0 radical (unpaired) electrons. The summed E-state index contributed by atoms with van der Waals surface area (Å²) in [6.45, 7) is 2.59. The molecule has 0 bridgehead atoms. The van der Waals surface area contributed by atoms with Crippen molar-refractivity contribution in [3.8, 4) is 5.75 Å². The van der Waals surface area contributed by atoms with Crippen LogP contribution in [0.2, 0.25) is 0 Å². The maximum absolute atomic E-state index is 12.3. The lowest BCUT2D eigenvalue weighted by atomic mass is 10.0. The Morgan fingerprint density at radius 3 is 2.70 bits per heavy atom. The Bertz CT molecular complexity index is 1620. The lowest BCUT2D eigenvalue weighted by molar-refractivity contribution is -0.112. The molecule has 5 aromatic rings. The highest BCUT2D eigenvalue weighted by Gasteiger charge is 2.19. The van der Waals surface area contributed by atoms with Crippen molar-refractivity contribution in [1.29, 1.82) is 0 Å². The Hall–Kier alpha value is -4.76. The molecule has 5 rings (SSSR count). The lowest BCUT2D eigenvalue weighted by Gasteiger charge is -2.25. The summed E-state index contributed by atoms with van der Waals surface area (Å²) < 4.78 is 1.90. The molecule has 186 valence electrons. The fourth-order valence-corrected chi connectivity index (χ4v) is 4.03. The molecule has 0 aliphatic rings. The molecule has 0 aliphatic heterocycles. The Morgan fingerprint density at radius 1 is 1.05 bits per heavy atom. The van der Waals surface area contributed by atoms with Crippen LogP contribution in [0.25, 0.3) is 22.1 Å². The van der Waals surface area contributed by atoms with Crippen molar-refractivity contribution in [2.45, 2.75) is 6.92 Å². The second kappa shape index (κ2) is 10.1. The van der Waals surface area contributed by atoms with Gasteiger partial charge in [0.1, 0.15) is 12.0 Å². The minimum atomic E-state index is -0.501. The zero-order valence-electron chi connectivity index (χ0n) is 20.9. The minimum Gasteiger partial charge on any atom is -0.373 e. The molecular formula is C28H27N7O2. The van der Waals surface area contributed by atoms with Gasteiger partial charge in [-0.15, -0.1) is 0 Å². The number of nitrogens with zero attached hydrogens (tertiary/aromatic N) is 6. The molecule has 0 atom stereocenters. The van der Waals surface area contributed by atoms with Gasteiger partial charge < -0.3 is 19.9 Å². The van der Waals surface area contributed by atoms with Crippen LogP contribution < -0.4 is 15.6 Å². The van der Waals surface area contributed by atoms with Crippen LogP contribution in [-0.2, 0) is 4.79 Å². The summed E-state index contributed by atoms with van der Waals surface area (Å²) in [5.41, 5.74) is 10.2. The monoisotopic (exact) mass is 493 g/mol. The van der Waals surface area contributed by atoms with Gasteiger partial charge in [0.25, 0.3) is 0 Å². The Balaban J connectivity index is 1.65. The quantitative estimate of drug-likeness (QED) is 0.256. The Morgan fingerprint density at radius 2 is 1.92 bits per heavy atom. The van der Waals surface area contributed by atoms with Crippen LogP contribution in [0, 0.1) is 6.92 Å². The van der Waals surface area contributed by atoms with Crippen molar-refractivity contribution in [2.75, 3.05) is 25.7 Å². The zero-order chi connectivity index (χ0) is 25.9. The standard InChI is InChI=1S/C28H27N7O2/c1-19-5-4-6-21(15-19)35(37-22-9-13-34-14-11-30-26(34)17-22)28-24-16-20(7-8-25(24)31-18-32-28)23(27(29)36)10-12-33(2)3/h4-11,13-18H,12H2,1-3H3,(H2,29,36). The molecule has 3 aromatic heterocycles. The molecule has 3 heterocycles. The predicted octanol–water partition coefficient (Wildman–Crippen LogP) is 4.15. The third-order valence-corrected chi connectivity index (χ3v) is 5.85. The summed E-state index contributed by atoms with van der Waals surface area (Å²) in [6.07, 6.45) is 8.81. The summed E-state index contributed by atoms with van der Waals surface area (Å²) in [5.74, 6) is 0.614. The fraction of sp³-hybridized carbons (Fsp3) is 0.143. The topological polar surface area (TPSA) is 102 Å². The van der Waals surface area contributed by atoms with E-state index in [0.717, 1.165) is 16.9 Å². The number of rotatable bonds is 8. The van der Waals surface area contributed by atoms with E-state index < -0.39 is 5.91 Å². The van der Waals surface area contributed by atoms with Gasteiger partial charge in [-0.25, -0.2) is 15.0 Å². The number of imidazole rings is 1. The first-order chi connectivity index (χ1) is 17.9. The average molecular weight is 494 g/mol. The summed E-state index contributed by atoms with van der Waals surface area (Å²) in [7, 11) is 3.86. The number of amides is 1. The van der Waals surface area contributed by atoms with Crippen LogP contribution in [0.3, 0.4) is 0 Å². The van der Waals surface area contributed by atoms with Crippen molar-refractivity contribution < 1.29 is 9.63 Å². The van der Waals surface area contributed by atoms with E-state index in [1.807, 2.05) is 103 Å². The lowest BCUT2D eigenvalue weighted by Crippen LogP contribution is -2.23. The largest absolute Gasteiger partial charge is 0.373 e. The number of benzene rings is 2. The SMILES string of the molecule is Cc1cccc(N(Oc2ccn3ccnc3c2)c2ncnc3ccc(C(=CCN(C)C)C(N)=O)cc23)c1. The molecule has 0 unspecified atom stereocenters. The third kappa shape index (κ3) is 5.12. The van der Waals surface area contributed by atoms with E-state index in [0.29, 0.717) is 40.2 Å². The molecule has 9 heteroatoms. The van der Waals surface area contributed by atoms with E-state index in [4.69, 9.17) is 10.6 Å². The van der Waals surface area contributed by atoms with Crippen molar-refractivity contribution in [3.05, 3.63) is 96.7 Å². The summed E-state index contributed by atoms with van der Waals surface area (Å²) in [6, 6.07) is 17.2. The minimum absolute atomic E-state index is 0.429. The van der Waals surface area contributed by atoms with Crippen LogP contribution >= 0.6 is 0 Å². The molecule has 0 spiro atoms. The van der Waals surface area contributed by atoms with Crippen LogP contribution in [0.15, 0.2) is 85.6 Å². The number of pyridine rings is 1. The first kappa shape index (κ1) is 24.0. The number of carbonyl (C=O) groups is 1. The molecule has 1 amide bonds. The number of hydrogen-bond acceptors (Lipinski definition) is 7. The van der Waals surface area contributed by atoms with Gasteiger partial charge in [-0.3, -0.25) is 4.79 Å². The Labute approximate surface area is 214 Å². The van der Waals surface area contributed by atoms with Crippen molar-refractivity contribution in [2.24, 2.45) is 5.73 Å². The van der Waals surface area contributed by atoms with Crippen molar-refractivity contribution >= 4 is 39.5 Å². The number of aryl methyl sites for hydroxylation is 1. The molecule has 9 nitrogen and oxygen atoms in total. The molecule has 0 saturated heterocycles. The summed E-state index contributed by atoms with van der Waals surface area (Å²) >= 11 is 0. The van der Waals surface area contributed by atoms with E-state index in [1.165, 1.54) is 6.33 Å². The first-order valence-electron chi connectivity index (χ1n) is 11.8. The normalized spacial score (nSPS) is 11.8. The first-order valence-corrected chi connectivity index (χ1v) is 11.8. The van der Waals surface area contributed by atoms with Crippen LogP contribution in [0.5, 0.6) is 5.75 Å². The number of hydrogen-bond donors (Lipinski definition) is 1. The molecule has 0 saturated carbocycles. The summed E-state index contributed by atoms with van der Waals surface area (Å²) in [4.78, 5) is 34.1. The maximum Gasteiger partial charge on any atom is 0.249 e. The van der Waals surface area contributed by atoms with Crippen LogP contribution in [-0.4, -0.2) is 50.8 Å². The van der Waals surface area contributed by atoms with Gasteiger partial charge in [-0.2, -0.15) is 5.06 Å². The number of anilines is 2. The molecule has 2 aromatic carbocycles. The fourth-order valence-electron chi connectivity index (χ4n) is 4.03. The second-order valence-electron chi connectivity index (χ2n) is 8.95. The molecule has 0 aliphatic carbocycles. The molecule has 0 fully saturated rings. The van der Waals surface area contributed by atoms with E-state index in [1.54, 1.807) is 11.3 Å². The molecule has 37 heavy (non-hydrogen) atoms.